The molecule has 3 rings (SSSR count). The van der Waals surface area contributed by atoms with Gasteiger partial charge in [-0.3, -0.25) is 4.79 Å². The number of nitrogens with one attached hydrogen (secondary N) is 1. The number of benzene rings is 2. The molecule has 1 heterocycles. The van der Waals surface area contributed by atoms with E-state index < -0.39 is 0 Å². The van der Waals surface area contributed by atoms with Gasteiger partial charge in [0.25, 0.3) is 0 Å². The van der Waals surface area contributed by atoms with Gasteiger partial charge >= 0.3 is 0 Å². The second-order valence-corrected chi connectivity index (χ2v) is 9.17. The summed E-state index contributed by atoms with van der Waals surface area (Å²) in [4.78, 5) is 12.6. The van der Waals surface area contributed by atoms with Crippen molar-refractivity contribution in [3.8, 4) is 5.75 Å². The van der Waals surface area contributed by atoms with E-state index in [0.717, 1.165) is 24.2 Å². The fraction of sp³-hybridized carbons (Fsp3) is 0.458. The van der Waals surface area contributed by atoms with Crippen molar-refractivity contribution in [2.75, 3.05) is 0 Å². The van der Waals surface area contributed by atoms with Gasteiger partial charge in [0.05, 0.1) is 6.04 Å². The van der Waals surface area contributed by atoms with Crippen LogP contribution in [0, 0.1) is 0 Å². The standard InChI is InChI=1S/C24H31NO2/c1-23(2,3)18-13-10-17(11-14-18)12-15-22(26)25-20-16-24(4,5)27-21-9-7-6-8-19(20)21/h6-11,13-14,20H,12,15-16H2,1-5H3,(H,25,26)/t20-/m1/s1. The lowest BCUT2D eigenvalue weighted by atomic mass is 9.86. The molecule has 1 aliphatic heterocycles. The molecule has 0 spiro atoms. The third-order valence-corrected chi connectivity index (χ3v) is 5.17. The summed E-state index contributed by atoms with van der Waals surface area (Å²) in [5.74, 6) is 0.962. The highest BCUT2D eigenvalue weighted by molar-refractivity contribution is 5.77. The Morgan fingerprint density at radius 3 is 2.44 bits per heavy atom. The number of ether oxygens (including phenoxy) is 1. The first-order valence-electron chi connectivity index (χ1n) is 9.81. The summed E-state index contributed by atoms with van der Waals surface area (Å²) in [5, 5.41) is 3.22. The number of carbonyl (C=O) groups is 1. The molecule has 0 aromatic heterocycles. The van der Waals surface area contributed by atoms with Crippen molar-refractivity contribution in [2.45, 2.75) is 70.9 Å². The lowest BCUT2D eigenvalue weighted by molar-refractivity contribution is -0.122. The SMILES string of the molecule is CC1(C)C[C@@H](NC(=O)CCc2ccc(C(C)(C)C)cc2)c2ccccc2O1. The third kappa shape index (κ3) is 4.91. The topological polar surface area (TPSA) is 38.3 Å². The number of hydrogen-bond donors (Lipinski definition) is 1. The summed E-state index contributed by atoms with van der Waals surface area (Å²) in [5.41, 5.74) is 3.45. The van der Waals surface area contributed by atoms with Crippen LogP contribution in [0.15, 0.2) is 48.5 Å². The number of amides is 1. The van der Waals surface area contributed by atoms with E-state index in [1.807, 2.05) is 24.3 Å². The van der Waals surface area contributed by atoms with Crippen LogP contribution in [0.5, 0.6) is 5.75 Å². The fourth-order valence-electron chi connectivity index (χ4n) is 3.63. The summed E-state index contributed by atoms with van der Waals surface area (Å²) in [7, 11) is 0. The largest absolute Gasteiger partial charge is 0.487 e. The molecule has 1 amide bonds. The molecule has 3 heteroatoms. The summed E-state index contributed by atoms with van der Waals surface area (Å²) >= 11 is 0. The van der Waals surface area contributed by atoms with Gasteiger partial charge < -0.3 is 10.1 Å². The minimum Gasteiger partial charge on any atom is -0.487 e. The number of hydrogen-bond acceptors (Lipinski definition) is 2. The molecule has 0 unspecified atom stereocenters. The van der Waals surface area contributed by atoms with Crippen LogP contribution in [0.25, 0.3) is 0 Å². The molecule has 2 aromatic rings. The number of carbonyl (C=O) groups excluding carboxylic acids is 1. The van der Waals surface area contributed by atoms with E-state index in [-0.39, 0.29) is 23.0 Å². The molecular weight excluding hydrogens is 334 g/mol. The van der Waals surface area contributed by atoms with Crippen molar-refractivity contribution in [1.29, 1.82) is 0 Å². The minimum absolute atomic E-state index is 0.000663. The quantitative estimate of drug-likeness (QED) is 0.795. The molecule has 0 aliphatic carbocycles. The van der Waals surface area contributed by atoms with Crippen LogP contribution < -0.4 is 10.1 Å². The Kier molecular flexibility index (Phi) is 5.32. The molecule has 1 aliphatic rings. The molecule has 0 radical (unpaired) electrons. The van der Waals surface area contributed by atoms with Gasteiger partial charge in [-0.05, 0) is 42.9 Å². The van der Waals surface area contributed by atoms with Gasteiger partial charge in [-0.25, -0.2) is 0 Å². The number of rotatable bonds is 4. The third-order valence-electron chi connectivity index (χ3n) is 5.17. The van der Waals surface area contributed by atoms with Crippen molar-refractivity contribution >= 4 is 5.91 Å². The number of para-hydroxylation sites is 1. The highest BCUT2D eigenvalue weighted by atomic mass is 16.5. The van der Waals surface area contributed by atoms with Gasteiger partial charge in [0.1, 0.15) is 11.4 Å². The van der Waals surface area contributed by atoms with Crippen LogP contribution in [0.3, 0.4) is 0 Å². The predicted molar refractivity (Wildman–Crippen MR) is 110 cm³/mol. The van der Waals surface area contributed by atoms with Crippen LogP contribution in [-0.4, -0.2) is 11.5 Å². The maximum atomic E-state index is 12.6. The second-order valence-electron chi connectivity index (χ2n) is 9.17. The molecule has 0 fully saturated rings. The van der Waals surface area contributed by atoms with Crippen molar-refractivity contribution in [2.24, 2.45) is 0 Å². The molecule has 0 saturated carbocycles. The molecular formula is C24H31NO2. The van der Waals surface area contributed by atoms with Crippen molar-refractivity contribution < 1.29 is 9.53 Å². The Balaban J connectivity index is 1.61. The molecule has 27 heavy (non-hydrogen) atoms. The molecule has 3 nitrogen and oxygen atoms in total. The first-order chi connectivity index (χ1) is 12.6. The van der Waals surface area contributed by atoms with Gasteiger partial charge in [0.15, 0.2) is 0 Å². The van der Waals surface area contributed by atoms with Gasteiger partial charge in [-0.15, -0.1) is 0 Å². The first kappa shape index (κ1) is 19.5. The molecule has 1 atom stereocenters. The monoisotopic (exact) mass is 365 g/mol. The van der Waals surface area contributed by atoms with E-state index in [1.54, 1.807) is 0 Å². The van der Waals surface area contributed by atoms with Crippen LogP contribution in [0.1, 0.15) is 70.2 Å². The van der Waals surface area contributed by atoms with Crippen LogP contribution in [0.4, 0.5) is 0 Å². The van der Waals surface area contributed by atoms with Gasteiger partial charge in [-0.2, -0.15) is 0 Å². The van der Waals surface area contributed by atoms with E-state index in [2.05, 4.69) is 64.2 Å². The maximum absolute atomic E-state index is 12.6. The highest BCUT2D eigenvalue weighted by Crippen LogP contribution is 2.39. The summed E-state index contributed by atoms with van der Waals surface area (Å²) in [6.07, 6.45) is 2.02. The summed E-state index contributed by atoms with van der Waals surface area (Å²) in [6.45, 7) is 10.8. The van der Waals surface area contributed by atoms with Crippen molar-refractivity contribution in [3.63, 3.8) is 0 Å². The van der Waals surface area contributed by atoms with E-state index in [9.17, 15) is 4.79 Å². The van der Waals surface area contributed by atoms with Crippen LogP contribution >= 0.6 is 0 Å². The van der Waals surface area contributed by atoms with E-state index >= 15 is 0 Å². The van der Waals surface area contributed by atoms with Crippen molar-refractivity contribution in [3.05, 3.63) is 65.2 Å². The molecule has 144 valence electrons. The first-order valence-corrected chi connectivity index (χ1v) is 9.81. The molecule has 2 aromatic carbocycles. The lowest BCUT2D eigenvalue weighted by Crippen LogP contribution is -2.41. The number of fused-ring (bicyclic) bond motifs is 1. The fourth-order valence-corrected chi connectivity index (χ4v) is 3.63. The zero-order chi connectivity index (χ0) is 19.7. The van der Waals surface area contributed by atoms with Gasteiger partial charge in [0, 0.05) is 18.4 Å². The Labute approximate surface area is 163 Å². The van der Waals surface area contributed by atoms with Crippen LogP contribution in [0.2, 0.25) is 0 Å². The highest BCUT2D eigenvalue weighted by Gasteiger charge is 2.34. The maximum Gasteiger partial charge on any atom is 0.220 e. The average molecular weight is 366 g/mol. The Morgan fingerprint density at radius 1 is 1.11 bits per heavy atom. The van der Waals surface area contributed by atoms with E-state index in [0.29, 0.717) is 6.42 Å². The van der Waals surface area contributed by atoms with Gasteiger partial charge in [0.2, 0.25) is 5.91 Å². The zero-order valence-electron chi connectivity index (χ0n) is 17.1. The zero-order valence-corrected chi connectivity index (χ0v) is 17.1. The van der Waals surface area contributed by atoms with Crippen molar-refractivity contribution in [1.82, 2.24) is 5.32 Å². The second kappa shape index (κ2) is 7.38. The summed E-state index contributed by atoms with van der Waals surface area (Å²) in [6, 6.07) is 16.6. The average Bonchev–Trinajstić information content (AvgIpc) is 2.58. The summed E-state index contributed by atoms with van der Waals surface area (Å²) < 4.78 is 6.05. The molecule has 0 saturated heterocycles. The van der Waals surface area contributed by atoms with E-state index in [1.165, 1.54) is 11.1 Å². The Hall–Kier alpha value is -2.29. The lowest BCUT2D eigenvalue weighted by Gasteiger charge is -2.37. The van der Waals surface area contributed by atoms with E-state index in [4.69, 9.17) is 4.74 Å². The molecule has 0 bridgehead atoms. The Bertz CT molecular complexity index is 800. The number of aryl methyl sites for hydroxylation is 1. The predicted octanol–water partition coefficient (Wildman–Crippen LogP) is 5.34. The van der Waals surface area contributed by atoms with Gasteiger partial charge in [-0.1, -0.05) is 63.2 Å². The van der Waals surface area contributed by atoms with Crippen LogP contribution in [-0.2, 0) is 16.6 Å². The molecule has 1 N–H and O–H groups in total. The Morgan fingerprint density at radius 2 is 1.78 bits per heavy atom. The minimum atomic E-state index is -0.283. The normalized spacial score (nSPS) is 18.3. The smallest absolute Gasteiger partial charge is 0.220 e.